The first-order valence-corrected chi connectivity index (χ1v) is 5.81. The monoisotopic (exact) mass is 231 g/mol. The number of aromatic nitrogens is 2. The summed E-state index contributed by atoms with van der Waals surface area (Å²) in [5, 5.41) is 2.76. The normalized spacial score (nSPS) is 13.7. The summed E-state index contributed by atoms with van der Waals surface area (Å²) in [4.78, 5) is 21.1. The number of carbonyl (C=O) groups excluding carboxylic acids is 1. The molecule has 1 amide bonds. The molecule has 0 spiro atoms. The number of nitrogens with zero attached hydrogens (tertiary/aromatic N) is 2. The van der Waals surface area contributed by atoms with E-state index in [1.807, 2.05) is 13.0 Å². The fourth-order valence-electron chi connectivity index (χ4n) is 1.79. The van der Waals surface area contributed by atoms with Crippen LogP contribution < -0.4 is 5.32 Å². The van der Waals surface area contributed by atoms with Crippen LogP contribution in [0.1, 0.15) is 21.7 Å². The first-order valence-electron chi connectivity index (χ1n) is 4.93. The second-order valence-corrected chi connectivity index (χ2v) is 4.52. The maximum absolute atomic E-state index is 11.5. The molecule has 1 aliphatic heterocycles. The number of thiazole rings is 1. The molecule has 1 N–H and O–H groups in total. The summed E-state index contributed by atoms with van der Waals surface area (Å²) in [7, 11) is 0. The van der Waals surface area contributed by atoms with Crippen LogP contribution in [0.5, 0.6) is 0 Å². The number of hydrogen-bond acceptors (Lipinski definition) is 4. The third-order valence-corrected chi connectivity index (χ3v) is 3.62. The van der Waals surface area contributed by atoms with Gasteiger partial charge in [0.05, 0.1) is 33.9 Å². The minimum atomic E-state index is -0.0356. The lowest BCUT2D eigenvalue weighted by molar-refractivity contribution is 0.0966. The zero-order valence-corrected chi connectivity index (χ0v) is 9.47. The second-order valence-electron chi connectivity index (χ2n) is 3.67. The second kappa shape index (κ2) is 3.38. The Morgan fingerprint density at radius 2 is 2.31 bits per heavy atom. The quantitative estimate of drug-likeness (QED) is 0.813. The standard InChI is InChI=1S/C11H9N3OS/c1-6-10(16-5-14-6)7-2-8-9(12-3-7)4-13-11(8)15/h2-3,5H,4H2,1H3,(H,13,15). The van der Waals surface area contributed by atoms with Gasteiger partial charge in [0, 0.05) is 11.8 Å². The zero-order valence-electron chi connectivity index (χ0n) is 8.65. The van der Waals surface area contributed by atoms with Crippen molar-refractivity contribution in [3.8, 4) is 10.4 Å². The molecule has 0 atom stereocenters. The van der Waals surface area contributed by atoms with Crippen LogP contribution in [0.25, 0.3) is 10.4 Å². The number of rotatable bonds is 1. The van der Waals surface area contributed by atoms with E-state index in [2.05, 4.69) is 15.3 Å². The lowest BCUT2D eigenvalue weighted by Gasteiger charge is -2.00. The van der Waals surface area contributed by atoms with Crippen LogP contribution in [0.2, 0.25) is 0 Å². The fourth-order valence-corrected chi connectivity index (χ4v) is 2.58. The Hall–Kier alpha value is -1.75. The van der Waals surface area contributed by atoms with Gasteiger partial charge in [-0.15, -0.1) is 11.3 Å². The van der Waals surface area contributed by atoms with Gasteiger partial charge in [-0.2, -0.15) is 0 Å². The number of fused-ring (bicyclic) bond motifs is 1. The van der Waals surface area contributed by atoms with Gasteiger partial charge in [-0.3, -0.25) is 9.78 Å². The molecule has 3 heterocycles. The van der Waals surface area contributed by atoms with Gasteiger partial charge in [-0.05, 0) is 13.0 Å². The van der Waals surface area contributed by atoms with E-state index in [9.17, 15) is 4.79 Å². The Morgan fingerprint density at radius 3 is 3.06 bits per heavy atom. The largest absolute Gasteiger partial charge is 0.346 e. The van der Waals surface area contributed by atoms with Crippen molar-refractivity contribution >= 4 is 17.2 Å². The summed E-state index contributed by atoms with van der Waals surface area (Å²) in [6, 6.07) is 1.89. The minimum absolute atomic E-state index is 0.0356. The molecule has 3 rings (SSSR count). The molecule has 0 aliphatic carbocycles. The Labute approximate surface area is 96.4 Å². The molecule has 0 bridgehead atoms. The highest BCUT2D eigenvalue weighted by molar-refractivity contribution is 7.13. The number of hydrogen-bond donors (Lipinski definition) is 1. The molecule has 4 nitrogen and oxygen atoms in total. The van der Waals surface area contributed by atoms with E-state index < -0.39 is 0 Å². The summed E-state index contributed by atoms with van der Waals surface area (Å²) in [5.74, 6) is -0.0356. The van der Waals surface area contributed by atoms with Crippen LogP contribution in [0.15, 0.2) is 17.8 Å². The molecular weight excluding hydrogens is 222 g/mol. The summed E-state index contributed by atoms with van der Waals surface area (Å²) in [6.45, 7) is 2.50. The molecule has 5 heteroatoms. The van der Waals surface area contributed by atoms with Gasteiger partial charge in [-0.25, -0.2) is 4.98 Å². The van der Waals surface area contributed by atoms with Crippen LogP contribution in [0.4, 0.5) is 0 Å². The fraction of sp³-hybridized carbons (Fsp3) is 0.182. The zero-order chi connectivity index (χ0) is 11.1. The Morgan fingerprint density at radius 1 is 1.44 bits per heavy atom. The van der Waals surface area contributed by atoms with Gasteiger partial charge in [0.25, 0.3) is 5.91 Å². The van der Waals surface area contributed by atoms with Crippen molar-refractivity contribution in [3.63, 3.8) is 0 Å². The van der Waals surface area contributed by atoms with E-state index in [4.69, 9.17) is 0 Å². The molecule has 1 aliphatic rings. The third kappa shape index (κ3) is 1.32. The van der Waals surface area contributed by atoms with Gasteiger partial charge in [0.1, 0.15) is 0 Å². The smallest absolute Gasteiger partial charge is 0.253 e. The van der Waals surface area contributed by atoms with Crippen LogP contribution in [0.3, 0.4) is 0 Å². The maximum atomic E-state index is 11.5. The topological polar surface area (TPSA) is 54.9 Å². The molecule has 0 fully saturated rings. The molecule has 0 aromatic carbocycles. The predicted octanol–water partition coefficient (Wildman–Crippen LogP) is 1.76. The van der Waals surface area contributed by atoms with Crippen molar-refractivity contribution in [2.45, 2.75) is 13.5 Å². The van der Waals surface area contributed by atoms with E-state index in [0.29, 0.717) is 12.1 Å². The molecule has 2 aromatic rings. The first kappa shape index (κ1) is 9.47. The highest BCUT2D eigenvalue weighted by Gasteiger charge is 2.21. The summed E-state index contributed by atoms with van der Waals surface area (Å²) in [6.07, 6.45) is 1.81. The highest BCUT2D eigenvalue weighted by Crippen LogP contribution is 2.28. The first-order chi connectivity index (χ1) is 7.75. The third-order valence-electron chi connectivity index (χ3n) is 2.64. The van der Waals surface area contributed by atoms with Crippen molar-refractivity contribution in [2.75, 3.05) is 0 Å². The molecular formula is C11H9N3OS. The van der Waals surface area contributed by atoms with E-state index in [0.717, 1.165) is 21.8 Å². The van der Waals surface area contributed by atoms with Crippen molar-refractivity contribution in [2.24, 2.45) is 0 Å². The number of amides is 1. The average molecular weight is 231 g/mol. The van der Waals surface area contributed by atoms with Gasteiger partial charge in [0.15, 0.2) is 0 Å². The van der Waals surface area contributed by atoms with Gasteiger partial charge < -0.3 is 5.32 Å². The Kier molecular flexibility index (Phi) is 2.00. The van der Waals surface area contributed by atoms with Crippen molar-refractivity contribution in [1.82, 2.24) is 15.3 Å². The van der Waals surface area contributed by atoms with Crippen molar-refractivity contribution < 1.29 is 4.79 Å². The summed E-state index contributed by atoms with van der Waals surface area (Å²) < 4.78 is 0. The number of carbonyl (C=O) groups is 1. The van der Waals surface area contributed by atoms with Gasteiger partial charge in [0.2, 0.25) is 0 Å². The lowest BCUT2D eigenvalue weighted by atomic mass is 10.1. The van der Waals surface area contributed by atoms with E-state index in [1.165, 1.54) is 0 Å². The molecule has 80 valence electrons. The van der Waals surface area contributed by atoms with Gasteiger partial charge >= 0.3 is 0 Å². The SMILES string of the molecule is Cc1ncsc1-c1cnc2c(c1)C(=O)NC2. The van der Waals surface area contributed by atoms with Crippen LogP contribution in [-0.2, 0) is 6.54 Å². The van der Waals surface area contributed by atoms with E-state index in [-0.39, 0.29) is 5.91 Å². The molecule has 0 unspecified atom stereocenters. The lowest BCUT2D eigenvalue weighted by Crippen LogP contribution is -2.12. The molecule has 0 saturated heterocycles. The van der Waals surface area contributed by atoms with Crippen molar-refractivity contribution in [1.29, 1.82) is 0 Å². The molecule has 0 saturated carbocycles. The van der Waals surface area contributed by atoms with Gasteiger partial charge in [-0.1, -0.05) is 0 Å². The number of pyridine rings is 1. The molecule has 2 aromatic heterocycles. The summed E-state index contributed by atoms with van der Waals surface area (Å²) >= 11 is 1.57. The van der Waals surface area contributed by atoms with E-state index >= 15 is 0 Å². The molecule has 0 radical (unpaired) electrons. The number of nitrogens with one attached hydrogen (secondary N) is 1. The predicted molar refractivity (Wildman–Crippen MR) is 61.3 cm³/mol. The number of aryl methyl sites for hydroxylation is 1. The highest BCUT2D eigenvalue weighted by atomic mass is 32.1. The van der Waals surface area contributed by atoms with Crippen LogP contribution in [0, 0.1) is 6.92 Å². The van der Waals surface area contributed by atoms with E-state index in [1.54, 1.807) is 23.0 Å². The van der Waals surface area contributed by atoms with Crippen LogP contribution >= 0.6 is 11.3 Å². The van der Waals surface area contributed by atoms with Crippen LogP contribution in [-0.4, -0.2) is 15.9 Å². The Bertz CT molecular complexity index is 576. The maximum Gasteiger partial charge on any atom is 0.253 e. The minimum Gasteiger partial charge on any atom is -0.346 e. The Balaban J connectivity index is 2.15. The summed E-state index contributed by atoms with van der Waals surface area (Å²) in [5.41, 5.74) is 5.26. The molecule has 16 heavy (non-hydrogen) atoms. The van der Waals surface area contributed by atoms with Crippen molar-refractivity contribution in [3.05, 3.63) is 34.7 Å². The average Bonchev–Trinajstić information content (AvgIpc) is 2.86.